The molecule has 1 amide bonds. The number of benzene rings is 2. The van der Waals surface area contributed by atoms with Gasteiger partial charge >= 0.3 is 0 Å². The van der Waals surface area contributed by atoms with Crippen LogP contribution >= 0.6 is 0 Å². The van der Waals surface area contributed by atoms with Crippen molar-refractivity contribution in [2.24, 2.45) is 0 Å². The Kier molecular flexibility index (Phi) is 3.76. The van der Waals surface area contributed by atoms with E-state index in [-0.39, 0.29) is 11.6 Å². The van der Waals surface area contributed by atoms with Gasteiger partial charge in [-0.15, -0.1) is 0 Å². The van der Waals surface area contributed by atoms with E-state index >= 15 is 0 Å². The van der Waals surface area contributed by atoms with Crippen LogP contribution in [0, 0.1) is 10.1 Å². The monoisotopic (exact) mass is 339 g/mol. The molecule has 7 heteroatoms. The Morgan fingerprint density at radius 1 is 1.16 bits per heavy atom. The quantitative estimate of drug-likeness (QED) is 0.686. The average Bonchev–Trinajstić information content (AvgIpc) is 3.15. The summed E-state index contributed by atoms with van der Waals surface area (Å²) in [6.07, 6.45) is 1.41. The number of fused-ring (bicyclic) bond motifs is 1. The maximum atomic E-state index is 12.4. The molecule has 1 unspecified atom stereocenters. The summed E-state index contributed by atoms with van der Waals surface area (Å²) in [5.41, 5.74) is 1.92. The predicted octanol–water partition coefficient (Wildman–Crippen LogP) is 3.02. The largest absolute Gasteiger partial charge is 0.465 e. The average molecular weight is 339 g/mol. The zero-order chi connectivity index (χ0) is 17.4. The number of nitrogens with one attached hydrogen (secondary N) is 1. The van der Waals surface area contributed by atoms with Crippen LogP contribution in [0.25, 0.3) is 0 Å². The molecule has 1 N–H and O–H groups in total. The molecule has 2 aliphatic rings. The van der Waals surface area contributed by atoms with Crippen molar-refractivity contribution in [3.63, 3.8) is 0 Å². The highest BCUT2D eigenvalue weighted by molar-refractivity contribution is 5.98. The molecule has 128 valence electrons. The second kappa shape index (κ2) is 6.08. The first kappa shape index (κ1) is 15.4. The second-order valence-electron chi connectivity index (χ2n) is 6.16. The van der Waals surface area contributed by atoms with Crippen LogP contribution in [0.3, 0.4) is 0 Å². The third-order valence-electron chi connectivity index (χ3n) is 4.59. The second-order valence-corrected chi connectivity index (χ2v) is 6.16. The van der Waals surface area contributed by atoms with Gasteiger partial charge in [-0.05, 0) is 31.0 Å². The van der Waals surface area contributed by atoms with Crippen molar-refractivity contribution >= 4 is 17.3 Å². The highest BCUT2D eigenvalue weighted by Crippen LogP contribution is 2.36. The van der Waals surface area contributed by atoms with Gasteiger partial charge in [-0.25, -0.2) is 0 Å². The Labute approximate surface area is 144 Å². The van der Waals surface area contributed by atoms with Crippen molar-refractivity contribution in [1.29, 1.82) is 0 Å². The van der Waals surface area contributed by atoms with Crippen molar-refractivity contribution in [2.45, 2.75) is 19.1 Å². The highest BCUT2D eigenvalue weighted by atomic mass is 16.6. The van der Waals surface area contributed by atoms with Crippen LogP contribution in [0.2, 0.25) is 0 Å². The fourth-order valence-corrected chi connectivity index (χ4v) is 3.36. The summed E-state index contributed by atoms with van der Waals surface area (Å²) in [5, 5.41) is 14.0. The molecular weight excluding hydrogens is 322 g/mol. The first-order valence-electron chi connectivity index (χ1n) is 8.23. The van der Waals surface area contributed by atoms with E-state index in [0.29, 0.717) is 16.9 Å². The van der Waals surface area contributed by atoms with E-state index in [0.717, 1.165) is 31.6 Å². The van der Waals surface area contributed by atoms with Gasteiger partial charge in [0.25, 0.3) is 11.6 Å². The van der Waals surface area contributed by atoms with Crippen LogP contribution in [0.5, 0.6) is 5.75 Å². The zero-order valence-corrected chi connectivity index (χ0v) is 13.5. The van der Waals surface area contributed by atoms with E-state index in [1.807, 2.05) is 0 Å². The molecule has 0 radical (unpaired) electrons. The Balaban J connectivity index is 1.77. The lowest BCUT2D eigenvalue weighted by Gasteiger charge is -2.30. The number of anilines is 1. The number of ether oxygens (including phenoxy) is 1. The first-order valence-corrected chi connectivity index (χ1v) is 8.23. The van der Waals surface area contributed by atoms with Gasteiger partial charge in [0.05, 0.1) is 10.5 Å². The Bertz CT molecular complexity index is 846. The van der Waals surface area contributed by atoms with Gasteiger partial charge in [0.15, 0.2) is 0 Å². The number of carbonyl (C=O) groups excluding carboxylic acids is 1. The van der Waals surface area contributed by atoms with Crippen LogP contribution in [0.1, 0.15) is 35.0 Å². The molecule has 25 heavy (non-hydrogen) atoms. The van der Waals surface area contributed by atoms with Gasteiger partial charge in [0.1, 0.15) is 5.75 Å². The number of hydrogen-bond donors (Lipinski definition) is 1. The first-order chi connectivity index (χ1) is 12.1. The lowest BCUT2D eigenvalue weighted by molar-refractivity contribution is -0.385. The van der Waals surface area contributed by atoms with E-state index in [1.165, 1.54) is 12.1 Å². The van der Waals surface area contributed by atoms with Crippen LogP contribution in [-0.4, -0.2) is 23.9 Å². The Hall–Kier alpha value is -3.09. The van der Waals surface area contributed by atoms with Crippen LogP contribution < -0.4 is 15.0 Å². The fraction of sp³-hybridized carbons (Fsp3) is 0.278. The number of nitro benzene ring substituents is 1. The number of rotatable bonds is 3. The summed E-state index contributed by atoms with van der Waals surface area (Å²) in [7, 11) is 0. The van der Waals surface area contributed by atoms with Crippen molar-refractivity contribution in [3.05, 3.63) is 63.7 Å². The number of carbonyl (C=O) groups is 1. The Morgan fingerprint density at radius 2 is 1.92 bits per heavy atom. The smallest absolute Gasteiger partial charge is 0.270 e. The summed E-state index contributed by atoms with van der Waals surface area (Å²) in [6.45, 7) is 1.78. The molecule has 2 aliphatic heterocycles. The van der Waals surface area contributed by atoms with Gasteiger partial charge < -0.3 is 15.0 Å². The van der Waals surface area contributed by atoms with Crippen LogP contribution in [0.15, 0.2) is 42.5 Å². The molecule has 0 aromatic heterocycles. The zero-order valence-electron chi connectivity index (χ0n) is 13.5. The molecule has 0 spiro atoms. The number of amides is 1. The maximum Gasteiger partial charge on any atom is 0.270 e. The number of para-hydroxylation sites is 1. The summed E-state index contributed by atoms with van der Waals surface area (Å²) in [4.78, 5) is 25.3. The summed E-state index contributed by atoms with van der Waals surface area (Å²) >= 11 is 0. The highest BCUT2D eigenvalue weighted by Gasteiger charge is 2.31. The molecular formula is C18H17N3O4. The summed E-state index contributed by atoms with van der Waals surface area (Å²) < 4.78 is 5.94. The molecule has 1 fully saturated rings. The van der Waals surface area contributed by atoms with Crippen molar-refractivity contribution < 1.29 is 14.5 Å². The van der Waals surface area contributed by atoms with E-state index in [1.54, 1.807) is 30.3 Å². The molecule has 1 saturated heterocycles. The van der Waals surface area contributed by atoms with Gasteiger partial charge in [0.2, 0.25) is 6.23 Å². The van der Waals surface area contributed by atoms with Crippen molar-refractivity contribution in [3.8, 4) is 5.75 Å². The molecule has 0 saturated carbocycles. The Morgan fingerprint density at radius 3 is 2.68 bits per heavy atom. The molecule has 2 heterocycles. The van der Waals surface area contributed by atoms with E-state index in [9.17, 15) is 14.9 Å². The molecule has 4 rings (SSSR count). The molecule has 1 atom stereocenters. The third kappa shape index (κ3) is 2.77. The molecule has 0 aliphatic carbocycles. The van der Waals surface area contributed by atoms with Crippen molar-refractivity contribution in [1.82, 2.24) is 5.32 Å². The topological polar surface area (TPSA) is 84.7 Å². The van der Waals surface area contributed by atoms with E-state index in [4.69, 9.17) is 4.74 Å². The van der Waals surface area contributed by atoms with Crippen LogP contribution in [-0.2, 0) is 0 Å². The maximum absolute atomic E-state index is 12.4. The number of non-ortho nitro benzene ring substituents is 1. The molecule has 2 aromatic rings. The van der Waals surface area contributed by atoms with Gasteiger partial charge in [-0.3, -0.25) is 14.9 Å². The van der Waals surface area contributed by atoms with Gasteiger partial charge in [-0.2, -0.15) is 0 Å². The minimum Gasteiger partial charge on any atom is -0.465 e. The normalized spacial score (nSPS) is 19.1. The predicted molar refractivity (Wildman–Crippen MR) is 91.8 cm³/mol. The molecule has 2 aromatic carbocycles. The molecule has 7 nitrogen and oxygen atoms in total. The fourth-order valence-electron chi connectivity index (χ4n) is 3.36. The minimum absolute atomic E-state index is 0.0188. The van der Waals surface area contributed by atoms with Gasteiger partial charge in [-0.1, -0.05) is 12.1 Å². The standard InChI is InChI=1S/C18H17N3O4/c22-17-13-5-1-2-6-16(13)25-18(19-17)14-11-12(21(23)24)7-8-15(14)20-9-3-4-10-20/h1-2,5-8,11,18H,3-4,9-10H2,(H,19,22). The molecule has 0 bridgehead atoms. The number of nitrogens with zero attached hydrogens (tertiary/aromatic N) is 2. The minimum atomic E-state index is -0.752. The SMILES string of the molecule is O=C1NC(c2cc([N+](=O)[O-])ccc2N2CCCC2)Oc2ccccc21. The lowest BCUT2D eigenvalue weighted by atomic mass is 10.1. The van der Waals surface area contributed by atoms with E-state index in [2.05, 4.69) is 10.2 Å². The lowest BCUT2D eigenvalue weighted by Crippen LogP contribution is -2.37. The van der Waals surface area contributed by atoms with Gasteiger partial charge in [0, 0.05) is 36.5 Å². The third-order valence-corrected chi connectivity index (χ3v) is 4.59. The number of nitro groups is 1. The van der Waals surface area contributed by atoms with Crippen LogP contribution in [0.4, 0.5) is 11.4 Å². The number of hydrogen-bond acceptors (Lipinski definition) is 5. The van der Waals surface area contributed by atoms with Crippen molar-refractivity contribution in [2.75, 3.05) is 18.0 Å². The summed E-state index contributed by atoms with van der Waals surface area (Å²) in [6, 6.07) is 11.7. The summed E-state index contributed by atoms with van der Waals surface area (Å²) in [5.74, 6) is 0.237. The van der Waals surface area contributed by atoms with E-state index < -0.39 is 11.2 Å².